The number of esters is 1. The summed E-state index contributed by atoms with van der Waals surface area (Å²) in [4.78, 5) is 24.0. The fourth-order valence-electron chi connectivity index (χ4n) is 2.10. The first kappa shape index (κ1) is 18.6. The van der Waals surface area contributed by atoms with E-state index in [1.807, 2.05) is 0 Å². The lowest BCUT2D eigenvalue weighted by molar-refractivity contribution is -0.134. The Morgan fingerprint density at radius 1 is 1.00 bits per heavy atom. The summed E-state index contributed by atoms with van der Waals surface area (Å²) < 4.78 is 15.6. The molecule has 0 unspecified atom stereocenters. The Labute approximate surface area is 150 Å². The predicted molar refractivity (Wildman–Crippen MR) is 93.6 cm³/mol. The van der Waals surface area contributed by atoms with Crippen molar-refractivity contribution in [1.82, 2.24) is 5.32 Å². The number of halogens is 1. The lowest BCUT2D eigenvalue weighted by Crippen LogP contribution is -2.27. The summed E-state index contributed by atoms with van der Waals surface area (Å²) in [6.07, 6.45) is -0.0165. The van der Waals surface area contributed by atoms with Gasteiger partial charge in [0.2, 0.25) is 5.75 Å². The van der Waals surface area contributed by atoms with Crippen molar-refractivity contribution in [3.05, 3.63) is 53.1 Å². The number of hydrogen-bond donors (Lipinski definition) is 1. The van der Waals surface area contributed by atoms with Crippen LogP contribution >= 0.6 is 11.6 Å². The van der Waals surface area contributed by atoms with Crippen molar-refractivity contribution in [1.29, 1.82) is 0 Å². The first-order valence-corrected chi connectivity index (χ1v) is 7.89. The van der Waals surface area contributed by atoms with E-state index in [2.05, 4.69) is 5.32 Å². The topological polar surface area (TPSA) is 73.9 Å². The molecule has 0 atom stereocenters. The Bertz CT molecular complexity index is 741. The maximum absolute atomic E-state index is 12.0. The van der Waals surface area contributed by atoms with Crippen molar-refractivity contribution < 1.29 is 23.8 Å². The van der Waals surface area contributed by atoms with E-state index in [4.69, 9.17) is 25.8 Å². The van der Waals surface area contributed by atoms with Gasteiger partial charge < -0.3 is 19.5 Å². The van der Waals surface area contributed by atoms with Crippen LogP contribution in [-0.2, 0) is 4.79 Å². The molecule has 1 amide bonds. The second kappa shape index (κ2) is 8.94. The minimum absolute atomic E-state index is 0.0165. The van der Waals surface area contributed by atoms with E-state index in [-0.39, 0.29) is 24.6 Å². The molecule has 0 fully saturated rings. The molecule has 0 spiro atoms. The van der Waals surface area contributed by atoms with Gasteiger partial charge in [-0.1, -0.05) is 29.8 Å². The Hall–Kier alpha value is -2.73. The lowest BCUT2D eigenvalue weighted by Gasteiger charge is -2.13. The smallest absolute Gasteiger partial charge is 0.313 e. The molecule has 2 rings (SSSR count). The Kier molecular flexibility index (Phi) is 6.65. The number of carbonyl (C=O) groups excluding carboxylic acids is 2. The molecule has 6 nitrogen and oxygen atoms in total. The molecule has 7 heteroatoms. The van der Waals surface area contributed by atoms with Gasteiger partial charge in [-0.05, 0) is 24.3 Å². The van der Waals surface area contributed by atoms with Crippen LogP contribution in [0, 0.1) is 0 Å². The Morgan fingerprint density at radius 2 is 1.64 bits per heavy atom. The summed E-state index contributed by atoms with van der Waals surface area (Å²) >= 11 is 5.95. The second-order valence-corrected chi connectivity index (χ2v) is 5.36. The van der Waals surface area contributed by atoms with E-state index in [0.29, 0.717) is 22.1 Å². The van der Waals surface area contributed by atoms with Crippen LogP contribution in [0.25, 0.3) is 0 Å². The standard InChI is InChI=1S/C18H18ClNO5/c1-23-14-8-5-9-15(24-2)17(14)25-16(21)10-11-20-18(22)12-6-3-4-7-13(12)19/h3-9H,10-11H2,1-2H3,(H,20,22). The van der Waals surface area contributed by atoms with Crippen LogP contribution in [0.5, 0.6) is 17.2 Å². The first-order chi connectivity index (χ1) is 12.1. The zero-order chi connectivity index (χ0) is 18.2. The normalized spacial score (nSPS) is 10.0. The van der Waals surface area contributed by atoms with Crippen LogP contribution in [0.1, 0.15) is 16.8 Å². The highest BCUT2D eigenvalue weighted by Crippen LogP contribution is 2.36. The van der Waals surface area contributed by atoms with E-state index in [1.165, 1.54) is 14.2 Å². The summed E-state index contributed by atoms with van der Waals surface area (Å²) in [5.74, 6) is 0.0890. The third-order valence-electron chi connectivity index (χ3n) is 3.33. The van der Waals surface area contributed by atoms with Crippen molar-refractivity contribution in [3.63, 3.8) is 0 Å². The quantitative estimate of drug-likeness (QED) is 0.604. The summed E-state index contributed by atoms with van der Waals surface area (Å²) in [6, 6.07) is 11.7. The molecule has 2 aromatic rings. The second-order valence-electron chi connectivity index (χ2n) is 4.95. The van der Waals surface area contributed by atoms with Crippen molar-refractivity contribution in [2.45, 2.75) is 6.42 Å². The molecule has 0 aliphatic heterocycles. The minimum atomic E-state index is -0.526. The van der Waals surface area contributed by atoms with Crippen molar-refractivity contribution in [2.24, 2.45) is 0 Å². The fraction of sp³-hybridized carbons (Fsp3) is 0.222. The summed E-state index contributed by atoms with van der Waals surface area (Å²) in [5.41, 5.74) is 0.351. The average molecular weight is 364 g/mol. The van der Waals surface area contributed by atoms with Crippen LogP contribution in [0.2, 0.25) is 5.02 Å². The van der Waals surface area contributed by atoms with E-state index in [0.717, 1.165) is 0 Å². The highest BCUT2D eigenvalue weighted by Gasteiger charge is 2.16. The number of amides is 1. The summed E-state index contributed by atoms with van der Waals surface area (Å²) in [6.45, 7) is 0.111. The molecule has 2 aromatic carbocycles. The van der Waals surface area contributed by atoms with Gasteiger partial charge in [0, 0.05) is 6.54 Å². The SMILES string of the molecule is COc1cccc(OC)c1OC(=O)CCNC(=O)c1ccccc1Cl. The van der Waals surface area contributed by atoms with Gasteiger partial charge in [0.05, 0.1) is 31.2 Å². The minimum Gasteiger partial charge on any atom is -0.493 e. The highest BCUT2D eigenvalue weighted by molar-refractivity contribution is 6.33. The largest absolute Gasteiger partial charge is 0.493 e. The van der Waals surface area contributed by atoms with Gasteiger partial charge in [-0.15, -0.1) is 0 Å². The summed E-state index contributed by atoms with van der Waals surface area (Å²) in [7, 11) is 2.94. The molecule has 0 bridgehead atoms. The maximum Gasteiger partial charge on any atom is 0.313 e. The van der Waals surface area contributed by atoms with Crippen LogP contribution in [0.3, 0.4) is 0 Å². The number of para-hydroxylation sites is 1. The molecule has 0 aliphatic carbocycles. The van der Waals surface area contributed by atoms with Crippen molar-refractivity contribution >= 4 is 23.5 Å². The highest BCUT2D eigenvalue weighted by atomic mass is 35.5. The van der Waals surface area contributed by atoms with E-state index < -0.39 is 5.97 Å². The predicted octanol–water partition coefficient (Wildman–Crippen LogP) is 3.08. The fourth-order valence-corrected chi connectivity index (χ4v) is 2.32. The van der Waals surface area contributed by atoms with Gasteiger partial charge in [0.1, 0.15) is 0 Å². The van der Waals surface area contributed by atoms with Crippen LogP contribution < -0.4 is 19.5 Å². The molecule has 0 aliphatic rings. The molecule has 0 saturated heterocycles. The number of rotatable bonds is 7. The third kappa shape index (κ3) is 4.87. The van der Waals surface area contributed by atoms with Gasteiger partial charge in [0.25, 0.3) is 5.91 Å². The molecule has 0 radical (unpaired) electrons. The maximum atomic E-state index is 12.0. The van der Waals surface area contributed by atoms with Gasteiger partial charge in [0.15, 0.2) is 11.5 Å². The zero-order valence-electron chi connectivity index (χ0n) is 13.9. The van der Waals surface area contributed by atoms with Crippen molar-refractivity contribution in [2.75, 3.05) is 20.8 Å². The molecule has 0 saturated carbocycles. The molecule has 1 N–H and O–H groups in total. The first-order valence-electron chi connectivity index (χ1n) is 7.51. The van der Waals surface area contributed by atoms with E-state index in [9.17, 15) is 9.59 Å². The molecule has 0 heterocycles. The number of methoxy groups -OCH3 is 2. The third-order valence-corrected chi connectivity index (χ3v) is 3.66. The van der Waals surface area contributed by atoms with Crippen LogP contribution in [0.15, 0.2) is 42.5 Å². The number of nitrogens with one attached hydrogen (secondary N) is 1. The molecular formula is C18H18ClNO5. The van der Waals surface area contributed by atoms with Crippen LogP contribution in [-0.4, -0.2) is 32.6 Å². The molecular weight excluding hydrogens is 346 g/mol. The zero-order valence-corrected chi connectivity index (χ0v) is 14.6. The molecule has 25 heavy (non-hydrogen) atoms. The number of ether oxygens (including phenoxy) is 3. The van der Waals surface area contributed by atoms with Gasteiger partial charge in [-0.2, -0.15) is 0 Å². The molecule has 0 aromatic heterocycles. The molecule has 132 valence electrons. The number of benzene rings is 2. The van der Waals surface area contributed by atoms with Crippen LogP contribution in [0.4, 0.5) is 0 Å². The van der Waals surface area contributed by atoms with E-state index in [1.54, 1.807) is 42.5 Å². The Balaban J connectivity index is 1.92. The number of carbonyl (C=O) groups is 2. The number of hydrogen-bond acceptors (Lipinski definition) is 5. The lowest BCUT2D eigenvalue weighted by atomic mass is 10.2. The van der Waals surface area contributed by atoms with Gasteiger partial charge in [-0.25, -0.2) is 0 Å². The van der Waals surface area contributed by atoms with Gasteiger partial charge >= 0.3 is 5.97 Å². The van der Waals surface area contributed by atoms with Gasteiger partial charge in [-0.3, -0.25) is 9.59 Å². The van der Waals surface area contributed by atoms with Crippen molar-refractivity contribution in [3.8, 4) is 17.2 Å². The average Bonchev–Trinajstić information content (AvgIpc) is 2.62. The summed E-state index contributed by atoms with van der Waals surface area (Å²) in [5, 5.41) is 2.98. The Morgan fingerprint density at radius 3 is 2.24 bits per heavy atom. The monoisotopic (exact) mass is 363 g/mol. The van der Waals surface area contributed by atoms with E-state index >= 15 is 0 Å².